The van der Waals surface area contributed by atoms with Gasteiger partial charge in [0, 0.05) is 19.2 Å². The van der Waals surface area contributed by atoms with E-state index in [2.05, 4.69) is 37.1 Å². The van der Waals surface area contributed by atoms with Crippen molar-refractivity contribution in [2.24, 2.45) is 5.84 Å². The number of nitrogens with one attached hydrogen (secondary N) is 1. The minimum atomic E-state index is 0.676. The van der Waals surface area contributed by atoms with Crippen molar-refractivity contribution >= 4 is 23.0 Å². The number of nitrogens with two attached hydrogens (primary N) is 1. The molecule has 0 radical (unpaired) electrons. The fourth-order valence-electron chi connectivity index (χ4n) is 1.86. The number of nitrogens with zero attached hydrogens (tertiary/aromatic N) is 3. The zero-order chi connectivity index (χ0) is 13.1. The van der Waals surface area contributed by atoms with Crippen molar-refractivity contribution in [3.05, 3.63) is 33.8 Å². The molecule has 0 spiro atoms. The van der Waals surface area contributed by atoms with Crippen LogP contribution in [0.4, 0.5) is 11.6 Å². The largest absolute Gasteiger partial charge is 0.355 e. The molecule has 2 aromatic rings. The number of rotatable bonds is 4. The Labute approximate surface area is 111 Å². The summed E-state index contributed by atoms with van der Waals surface area (Å²) >= 11 is 1.70. The van der Waals surface area contributed by atoms with Gasteiger partial charge in [-0.25, -0.2) is 15.8 Å². The molecule has 2 heterocycles. The summed E-state index contributed by atoms with van der Waals surface area (Å²) in [6.07, 6.45) is 0. The SMILES string of the molecule is Cc1nc(NN)c(C)c(N(C)Cc2ccsc2)n1. The minimum Gasteiger partial charge on any atom is -0.355 e. The van der Waals surface area contributed by atoms with Crippen LogP contribution in [0.1, 0.15) is 17.0 Å². The molecule has 18 heavy (non-hydrogen) atoms. The predicted octanol–water partition coefficient (Wildman–Crippen LogP) is 2.08. The topological polar surface area (TPSA) is 67.1 Å². The van der Waals surface area contributed by atoms with Crippen molar-refractivity contribution in [1.29, 1.82) is 0 Å². The van der Waals surface area contributed by atoms with Gasteiger partial charge in [0.15, 0.2) is 0 Å². The number of thiophene rings is 1. The van der Waals surface area contributed by atoms with Gasteiger partial charge in [-0.1, -0.05) is 0 Å². The first-order valence-electron chi connectivity index (χ1n) is 5.66. The van der Waals surface area contributed by atoms with Gasteiger partial charge in [-0.15, -0.1) is 0 Å². The van der Waals surface area contributed by atoms with E-state index < -0.39 is 0 Å². The Kier molecular flexibility index (Phi) is 3.78. The van der Waals surface area contributed by atoms with E-state index in [0.29, 0.717) is 11.6 Å². The number of nitrogen functional groups attached to an aromatic ring is 1. The second-order valence-electron chi connectivity index (χ2n) is 4.20. The molecule has 0 saturated heterocycles. The Morgan fingerprint density at radius 2 is 2.17 bits per heavy atom. The third kappa shape index (κ3) is 2.60. The molecule has 0 aliphatic rings. The Hall–Kier alpha value is -1.66. The van der Waals surface area contributed by atoms with E-state index in [1.807, 2.05) is 20.9 Å². The second kappa shape index (κ2) is 5.32. The van der Waals surface area contributed by atoms with Crippen LogP contribution < -0.4 is 16.2 Å². The molecule has 0 amide bonds. The molecular weight excluding hydrogens is 246 g/mol. The van der Waals surface area contributed by atoms with Crippen LogP contribution in [0.25, 0.3) is 0 Å². The number of hydrogen-bond acceptors (Lipinski definition) is 6. The molecule has 6 heteroatoms. The van der Waals surface area contributed by atoms with Gasteiger partial charge in [-0.3, -0.25) is 0 Å². The molecular formula is C12H17N5S. The fraction of sp³-hybridized carbons (Fsp3) is 0.333. The molecule has 5 nitrogen and oxygen atoms in total. The van der Waals surface area contributed by atoms with Crippen LogP contribution in [0.3, 0.4) is 0 Å². The average molecular weight is 263 g/mol. The molecule has 0 unspecified atom stereocenters. The van der Waals surface area contributed by atoms with Gasteiger partial charge in [0.25, 0.3) is 0 Å². The summed E-state index contributed by atoms with van der Waals surface area (Å²) in [5.41, 5.74) is 4.85. The van der Waals surface area contributed by atoms with Crippen LogP contribution in [-0.2, 0) is 6.54 Å². The van der Waals surface area contributed by atoms with Gasteiger partial charge < -0.3 is 10.3 Å². The summed E-state index contributed by atoms with van der Waals surface area (Å²) in [6.45, 7) is 4.65. The highest BCUT2D eigenvalue weighted by Gasteiger charge is 2.12. The molecule has 0 atom stereocenters. The number of hydrogen-bond donors (Lipinski definition) is 2. The lowest BCUT2D eigenvalue weighted by Gasteiger charge is -2.21. The van der Waals surface area contributed by atoms with Crippen LogP contribution in [0.5, 0.6) is 0 Å². The first kappa shape index (κ1) is 12.8. The van der Waals surface area contributed by atoms with Gasteiger partial charge in [0.05, 0.1) is 0 Å². The molecule has 0 saturated carbocycles. The van der Waals surface area contributed by atoms with Crippen molar-refractivity contribution in [3.63, 3.8) is 0 Å². The molecule has 2 aromatic heterocycles. The lowest BCUT2D eigenvalue weighted by molar-refractivity contribution is 0.872. The lowest BCUT2D eigenvalue weighted by Crippen LogP contribution is -2.21. The van der Waals surface area contributed by atoms with Gasteiger partial charge >= 0.3 is 0 Å². The summed E-state index contributed by atoms with van der Waals surface area (Å²) in [6, 6.07) is 2.12. The minimum absolute atomic E-state index is 0.676. The van der Waals surface area contributed by atoms with Gasteiger partial charge in [0.2, 0.25) is 0 Å². The quantitative estimate of drug-likeness (QED) is 0.653. The summed E-state index contributed by atoms with van der Waals surface area (Å²) in [5.74, 6) is 7.76. The fourth-order valence-corrected chi connectivity index (χ4v) is 2.52. The number of hydrazine groups is 1. The van der Waals surface area contributed by atoms with Crippen LogP contribution >= 0.6 is 11.3 Å². The number of aryl methyl sites for hydroxylation is 1. The molecule has 0 aliphatic carbocycles. The lowest BCUT2D eigenvalue weighted by atomic mass is 10.2. The van der Waals surface area contributed by atoms with Crippen molar-refractivity contribution in [2.75, 3.05) is 17.4 Å². The molecule has 0 fully saturated rings. The van der Waals surface area contributed by atoms with E-state index in [1.54, 1.807) is 11.3 Å². The zero-order valence-electron chi connectivity index (χ0n) is 10.8. The van der Waals surface area contributed by atoms with Crippen molar-refractivity contribution in [2.45, 2.75) is 20.4 Å². The Bertz CT molecular complexity index is 524. The maximum absolute atomic E-state index is 5.47. The van der Waals surface area contributed by atoms with Crippen molar-refractivity contribution < 1.29 is 0 Å². The molecule has 0 aromatic carbocycles. The van der Waals surface area contributed by atoms with E-state index in [1.165, 1.54) is 5.56 Å². The van der Waals surface area contributed by atoms with Crippen molar-refractivity contribution in [1.82, 2.24) is 9.97 Å². The third-order valence-electron chi connectivity index (χ3n) is 2.73. The average Bonchev–Trinajstić information content (AvgIpc) is 2.84. The maximum atomic E-state index is 5.47. The predicted molar refractivity (Wildman–Crippen MR) is 75.7 cm³/mol. The van der Waals surface area contributed by atoms with E-state index in [0.717, 1.165) is 17.9 Å². The van der Waals surface area contributed by atoms with E-state index in [-0.39, 0.29) is 0 Å². The normalized spacial score (nSPS) is 10.4. The van der Waals surface area contributed by atoms with E-state index in [4.69, 9.17) is 5.84 Å². The van der Waals surface area contributed by atoms with Crippen LogP contribution in [0.2, 0.25) is 0 Å². The standard InChI is InChI=1S/C12H17N5S/c1-8-11(16-13)14-9(2)15-12(8)17(3)6-10-4-5-18-7-10/h4-5,7H,6,13H2,1-3H3,(H,14,15,16). The van der Waals surface area contributed by atoms with E-state index >= 15 is 0 Å². The Morgan fingerprint density at radius 3 is 2.78 bits per heavy atom. The monoisotopic (exact) mass is 263 g/mol. The first-order chi connectivity index (χ1) is 8.61. The number of aromatic nitrogens is 2. The molecule has 0 bridgehead atoms. The summed E-state index contributed by atoms with van der Waals surface area (Å²) < 4.78 is 0. The highest BCUT2D eigenvalue weighted by molar-refractivity contribution is 7.07. The highest BCUT2D eigenvalue weighted by atomic mass is 32.1. The zero-order valence-corrected chi connectivity index (χ0v) is 11.6. The highest BCUT2D eigenvalue weighted by Crippen LogP contribution is 2.23. The Balaban J connectivity index is 2.29. The molecule has 2 rings (SSSR count). The van der Waals surface area contributed by atoms with Crippen molar-refractivity contribution in [3.8, 4) is 0 Å². The van der Waals surface area contributed by atoms with Gasteiger partial charge in [0.1, 0.15) is 17.5 Å². The summed E-state index contributed by atoms with van der Waals surface area (Å²) in [7, 11) is 2.02. The smallest absolute Gasteiger partial charge is 0.148 e. The maximum Gasteiger partial charge on any atom is 0.148 e. The van der Waals surface area contributed by atoms with Crippen LogP contribution in [-0.4, -0.2) is 17.0 Å². The van der Waals surface area contributed by atoms with Gasteiger partial charge in [-0.05, 0) is 36.2 Å². The van der Waals surface area contributed by atoms with Crippen LogP contribution in [0.15, 0.2) is 16.8 Å². The summed E-state index contributed by atoms with van der Waals surface area (Å²) in [5, 5.41) is 4.22. The second-order valence-corrected chi connectivity index (χ2v) is 4.98. The number of anilines is 2. The molecule has 96 valence electrons. The molecule has 0 aliphatic heterocycles. The third-order valence-corrected chi connectivity index (χ3v) is 3.46. The summed E-state index contributed by atoms with van der Waals surface area (Å²) in [4.78, 5) is 10.8. The van der Waals surface area contributed by atoms with Crippen LogP contribution in [0, 0.1) is 13.8 Å². The van der Waals surface area contributed by atoms with Gasteiger partial charge in [-0.2, -0.15) is 11.3 Å². The molecule has 3 N–H and O–H groups in total. The Morgan fingerprint density at radius 1 is 1.39 bits per heavy atom. The van der Waals surface area contributed by atoms with E-state index in [9.17, 15) is 0 Å². The first-order valence-corrected chi connectivity index (χ1v) is 6.60.